The number of nitro benzene ring substituents is 1. The summed E-state index contributed by atoms with van der Waals surface area (Å²) in [6, 6.07) is 21.9. The number of carbonyl (C=O) groups excluding carboxylic acids is 2. The van der Waals surface area contributed by atoms with Crippen LogP contribution in [0.2, 0.25) is 0 Å². The molecule has 2 aliphatic carbocycles. The van der Waals surface area contributed by atoms with Crippen molar-refractivity contribution in [1.29, 1.82) is 0 Å². The van der Waals surface area contributed by atoms with Gasteiger partial charge in [-0.2, -0.15) is 10.2 Å². The lowest BCUT2D eigenvalue weighted by Crippen LogP contribution is -2.43. The van der Waals surface area contributed by atoms with Crippen LogP contribution < -0.4 is 5.32 Å². The Morgan fingerprint density at radius 2 is 1.57 bits per heavy atom. The number of rotatable bonds is 7. The van der Waals surface area contributed by atoms with E-state index in [0.717, 1.165) is 11.8 Å². The fourth-order valence-corrected chi connectivity index (χ4v) is 5.89. The third kappa shape index (κ3) is 4.55. The molecule has 3 aromatic carbocycles. The highest BCUT2D eigenvalue weighted by atomic mass is 16.7. The Hall–Kier alpha value is -4.73. The van der Waals surface area contributed by atoms with Gasteiger partial charge in [-0.15, -0.1) is 0 Å². The minimum Gasteiger partial charge on any atom is -0.326 e. The first kappa shape index (κ1) is 26.9. The van der Waals surface area contributed by atoms with Gasteiger partial charge < -0.3 is 10.2 Å². The molecule has 0 radical (unpaired) electrons. The van der Waals surface area contributed by atoms with Gasteiger partial charge in [-0.05, 0) is 60.7 Å². The van der Waals surface area contributed by atoms with Crippen molar-refractivity contribution < 1.29 is 19.3 Å². The van der Waals surface area contributed by atoms with Gasteiger partial charge in [0.2, 0.25) is 5.91 Å². The molecule has 0 saturated heterocycles. The number of carbonyl (C=O) groups is 2. The number of oxime groups is 1. The van der Waals surface area contributed by atoms with Gasteiger partial charge >= 0.3 is 5.97 Å². The molecule has 10 heteroatoms. The number of nitrogens with one attached hydrogen (secondary N) is 1. The second kappa shape index (κ2) is 10.1. The average Bonchev–Trinajstić information content (AvgIpc) is 3.27. The summed E-state index contributed by atoms with van der Waals surface area (Å²) in [5, 5.41) is 26.8. The van der Waals surface area contributed by atoms with Gasteiger partial charge in [0.1, 0.15) is 0 Å². The lowest BCUT2D eigenvalue weighted by atomic mass is 9.64. The third-order valence-electron chi connectivity index (χ3n) is 8.86. The van der Waals surface area contributed by atoms with Gasteiger partial charge in [0, 0.05) is 29.7 Å². The molecular weight excluding hydrogens is 510 g/mol. The second-order valence-corrected chi connectivity index (χ2v) is 11.0. The van der Waals surface area contributed by atoms with E-state index in [0.29, 0.717) is 36.3 Å². The Balaban J connectivity index is 1.31. The maximum Gasteiger partial charge on any atom is 0.365 e. The van der Waals surface area contributed by atoms with E-state index in [4.69, 9.17) is 4.84 Å². The van der Waals surface area contributed by atoms with Crippen molar-refractivity contribution >= 4 is 40.3 Å². The lowest BCUT2D eigenvalue weighted by molar-refractivity contribution is -0.384. The zero-order valence-corrected chi connectivity index (χ0v) is 22.5. The van der Waals surface area contributed by atoms with Crippen LogP contribution in [0.5, 0.6) is 0 Å². The Bertz CT molecular complexity index is 1530. The molecule has 2 bridgehead atoms. The van der Waals surface area contributed by atoms with Crippen molar-refractivity contribution in [1.82, 2.24) is 0 Å². The number of benzene rings is 3. The van der Waals surface area contributed by atoms with Crippen molar-refractivity contribution in [2.75, 3.05) is 5.32 Å². The minimum atomic E-state index is -0.789. The molecule has 2 fully saturated rings. The molecule has 2 atom stereocenters. The molecule has 2 saturated carbocycles. The predicted octanol–water partition coefficient (Wildman–Crippen LogP) is 7.38. The van der Waals surface area contributed by atoms with E-state index in [1.54, 1.807) is 24.3 Å². The predicted molar refractivity (Wildman–Crippen MR) is 150 cm³/mol. The topological polar surface area (TPSA) is 136 Å². The van der Waals surface area contributed by atoms with Crippen LogP contribution in [-0.4, -0.2) is 22.5 Å². The molecule has 1 amide bonds. The average molecular weight is 540 g/mol. The van der Waals surface area contributed by atoms with Gasteiger partial charge in [-0.1, -0.05) is 50.2 Å². The van der Waals surface area contributed by atoms with Gasteiger partial charge in [0.15, 0.2) is 0 Å². The number of non-ortho nitro benzene ring substituents is 1. The van der Waals surface area contributed by atoms with Crippen LogP contribution in [0.25, 0.3) is 0 Å². The normalized spacial score (nSPS) is 23.8. The van der Waals surface area contributed by atoms with E-state index in [9.17, 15) is 19.7 Å². The second-order valence-electron chi connectivity index (χ2n) is 11.0. The zero-order valence-electron chi connectivity index (χ0n) is 22.5. The maximum absolute atomic E-state index is 13.8. The number of fused-ring (bicyclic) bond motifs is 2. The smallest absolute Gasteiger partial charge is 0.326 e. The summed E-state index contributed by atoms with van der Waals surface area (Å²) in [4.78, 5) is 42.1. The highest BCUT2D eigenvalue weighted by molar-refractivity contribution is 6.06. The molecule has 10 nitrogen and oxygen atoms in total. The molecule has 0 heterocycles. The van der Waals surface area contributed by atoms with Crippen LogP contribution >= 0.6 is 0 Å². The van der Waals surface area contributed by atoms with Crippen molar-refractivity contribution in [2.45, 2.75) is 40.0 Å². The number of hydrogen-bond acceptors (Lipinski definition) is 8. The van der Waals surface area contributed by atoms with Crippen molar-refractivity contribution in [3.05, 3.63) is 94.5 Å². The van der Waals surface area contributed by atoms with Crippen LogP contribution in [0.4, 0.5) is 22.7 Å². The highest BCUT2D eigenvalue weighted by Gasteiger charge is 2.71. The Labute approximate surface area is 231 Å². The first-order valence-corrected chi connectivity index (χ1v) is 13.0. The van der Waals surface area contributed by atoms with Crippen LogP contribution in [0.1, 0.15) is 50.4 Å². The number of azo groups is 1. The first-order chi connectivity index (χ1) is 19.1. The van der Waals surface area contributed by atoms with Crippen molar-refractivity contribution in [3.8, 4) is 0 Å². The Morgan fingerprint density at radius 3 is 2.25 bits per heavy atom. The fourth-order valence-electron chi connectivity index (χ4n) is 5.89. The van der Waals surface area contributed by atoms with Crippen molar-refractivity contribution in [2.24, 2.45) is 31.6 Å². The van der Waals surface area contributed by atoms with E-state index < -0.39 is 27.1 Å². The molecule has 1 N–H and O–H groups in total. The maximum atomic E-state index is 13.8. The number of amides is 1. The summed E-state index contributed by atoms with van der Waals surface area (Å²) in [7, 11) is 0. The summed E-state index contributed by atoms with van der Waals surface area (Å²) < 4.78 is 0. The van der Waals surface area contributed by atoms with Crippen LogP contribution in [-0.2, 0) is 9.63 Å². The molecule has 5 rings (SSSR count). The molecule has 0 spiro atoms. The zero-order chi connectivity index (χ0) is 28.5. The number of anilines is 1. The Kier molecular flexibility index (Phi) is 6.79. The monoisotopic (exact) mass is 539 g/mol. The van der Waals surface area contributed by atoms with Crippen LogP contribution in [0, 0.1) is 26.4 Å². The molecule has 0 aliphatic heterocycles. The van der Waals surface area contributed by atoms with Crippen molar-refractivity contribution in [3.63, 3.8) is 0 Å². The lowest BCUT2D eigenvalue weighted by Gasteiger charge is -2.39. The Morgan fingerprint density at radius 1 is 0.900 bits per heavy atom. The molecule has 40 heavy (non-hydrogen) atoms. The molecule has 2 aliphatic rings. The molecular formula is C30H29N5O5. The number of nitro groups is 1. The minimum absolute atomic E-state index is 0.0327. The molecule has 2 unspecified atom stereocenters. The standard InChI is InChI=1S/C30H29N5O5/c1-28(2)29(3)16-17-30(28,19-25(29)34-40-26(36)20-8-7-11-24(18-20)35(38)39)27(37)31-21-12-14-23(15-13-21)33-32-22-9-5-4-6-10-22/h4-15,18H,16-17,19H2,1-3H3,(H,31,37)/b33-32?,34-25+. The van der Waals surface area contributed by atoms with Gasteiger partial charge in [-0.3, -0.25) is 14.9 Å². The van der Waals surface area contributed by atoms with Gasteiger partial charge in [0.25, 0.3) is 5.69 Å². The first-order valence-electron chi connectivity index (χ1n) is 13.0. The van der Waals surface area contributed by atoms with E-state index in [1.807, 2.05) is 37.3 Å². The fraction of sp³-hybridized carbons (Fsp3) is 0.300. The third-order valence-corrected chi connectivity index (χ3v) is 8.86. The summed E-state index contributed by atoms with van der Waals surface area (Å²) in [5.74, 6) is -0.904. The largest absolute Gasteiger partial charge is 0.365 e. The van der Waals surface area contributed by atoms with Crippen LogP contribution in [0.3, 0.4) is 0 Å². The summed E-state index contributed by atoms with van der Waals surface area (Å²) in [6.45, 7) is 6.15. The van der Waals surface area contributed by atoms with E-state index >= 15 is 0 Å². The highest BCUT2D eigenvalue weighted by Crippen LogP contribution is 2.71. The van der Waals surface area contributed by atoms with E-state index in [1.165, 1.54) is 18.2 Å². The van der Waals surface area contributed by atoms with Crippen LogP contribution in [0.15, 0.2) is 94.2 Å². The molecule has 3 aromatic rings. The number of nitrogens with zero attached hydrogens (tertiary/aromatic N) is 4. The van der Waals surface area contributed by atoms with Gasteiger partial charge in [-0.25, -0.2) is 4.79 Å². The summed E-state index contributed by atoms with van der Waals surface area (Å²) in [5.41, 5.74) is 0.835. The SMILES string of the molecule is CC12CCC(C(=O)Nc3ccc(N=Nc4ccccc4)cc3)(C/C1=N\OC(=O)c1cccc([N+](=O)[O-])c1)C2(C)C. The van der Waals surface area contributed by atoms with Gasteiger partial charge in [0.05, 0.1) is 33.0 Å². The summed E-state index contributed by atoms with van der Waals surface area (Å²) in [6.07, 6.45) is 1.72. The quantitative estimate of drug-likeness (QED) is 0.145. The molecule has 0 aromatic heterocycles. The number of hydrogen-bond donors (Lipinski definition) is 1. The van der Waals surface area contributed by atoms with E-state index in [2.05, 4.69) is 34.5 Å². The van der Waals surface area contributed by atoms with E-state index in [-0.39, 0.29) is 17.2 Å². The molecule has 204 valence electrons. The summed E-state index contributed by atoms with van der Waals surface area (Å²) >= 11 is 0.